The number of ether oxygens (including phenoxy) is 1. The second-order valence-corrected chi connectivity index (χ2v) is 5.34. The second-order valence-electron chi connectivity index (χ2n) is 5.34. The van der Waals surface area contributed by atoms with Crippen molar-refractivity contribution in [2.24, 2.45) is 0 Å². The fourth-order valence-electron chi connectivity index (χ4n) is 2.09. The molecule has 24 heavy (non-hydrogen) atoms. The summed E-state index contributed by atoms with van der Waals surface area (Å²) in [5.74, 6) is 0. The Bertz CT molecular complexity index is 673. The average molecular weight is 334 g/mol. The molecule has 0 bridgehead atoms. The van der Waals surface area contributed by atoms with Gasteiger partial charge in [-0.2, -0.15) is 18.4 Å². The number of hydrogen-bond acceptors (Lipinski definition) is 3. The second kappa shape index (κ2) is 8.48. The molecule has 0 heterocycles. The van der Waals surface area contributed by atoms with Crippen LogP contribution in [0.4, 0.5) is 13.2 Å². The zero-order valence-electron chi connectivity index (χ0n) is 12.9. The van der Waals surface area contributed by atoms with Crippen molar-refractivity contribution < 1.29 is 17.9 Å². The van der Waals surface area contributed by atoms with Gasteiger partial charge in [-0.05, 0) is 28.8 Å². The van der Waals surface area contributed by atoms with Crippen LogP contribution in [0.2, 0.25) is 0 Å². The first kappa shape index (κ1) is 18.0. The van der Waals surface area contributed by atoms with Gasteiger partial charge in [-0.25, -0.2) is 0 Å². The van der Waals surface area contributed by atoms with Crippen LogP contribution in [-0.2, 0) is 24.4 Å². The van der Waals surface area contributed by atoms with Crippen LogP contribution >= 0.6 is 0 Å². The van der Waals surface area contributed by atoms with E-state index in [1.54, 1.807) is 24.3 Å². The molecule has 6 heteroatoms. The first-order valence-corrected chi connectivity index (χ1v) is 7.38. The summed E-state index contributed by atoms with van der Waals surface area (Å²) in [4.78, 5) is 0. The Kier molecular flexibility index (Phi) is 6.36. The number of alkyl halides is 3. The molecule has 0 radical (unpaired) electrons. The third-order valence-electron chi connectivity index (χ3n) is 3.30. The molecule has 1 N–H and O–H groups in total. The minimum atomic E-state index is -4.30. The van der Waals surface area contributed by atoms with E-state index in [0.29, 0.717) is 24.2 Å². The molecule has 0 aliphatic rings. The van der Waals surface area contributed by atoms with E-state index in [4.69, 9.17) is 5.26 Å². The largest absolute Gasteiger partial charge is 0.411 e. The summed E-state index contributed by atoms with van der Waals surface area (Å²) in [7, 11) is 0. The van der Waals surface area contributed by atoms with Crippen molar-refractivity contribution in [2.45, 2.75) is 25.9 Å². The Hall–Kier alpha value is -2.36. The van der Waals surface area contributed by atoms with Gasteiger partial charge in [-0.15, -0.1) is 0 Å². The van der Waals surface area contributed by atoms with E-state index in [9.17, 15) is 13.2 Å². The highest BCUT2D eigenvalue weighted by Crippen LogP contribution is 2.15. The number of nitrogens with one attached hydrogen (secondary N) is 1. The van der Waals surface area contributed by atoms with Crippen LogP contribution in [0.3, 0.4) is 0 Å². The minimum Gasteiger partial charge on any atom is -0.367 e. The molecule has 0 aliphatic heterocycles. The smallest absolute Gasteiger partial charge is 0.367 e. The molecular weight excluding hydrogens is 317 g/mol. The van der Waals surface area contributed by atoms with Gasteiger partial charge in [0.25, 0.3) is 0 Å². The van der Waals surface area contributed by atoms with Gasteiger partial charge >= 0.3 is 6.18 Å². The first-order chi connectivity index (χ1) is 11.5. The van der Waals surface area contributed by atoms with Crippen LogP contribution in [0.15, 0.2) is 48.5 Å². The third-order valence-corrected chi connectivity index (χ3v) is 3.30. The summed E-state index contributed by atoms with van der Waals surface area (Å²) in [6.45, 7) is 0.0190. The summed E-state index contributed by atoms with van der Waals surface area (Å²) in [6, 6.07) is 16.6. The maximum atomic E-state index is 12.0. The molecule has 126 valence electrons. The number of rotatable bonds is 7. The highest BCUT2D eigenvalue weighted by molar-refractivity contribution is 5.31. The zero-order valence-corrected chi connectivity index (χ0v) is 12.9. The molecule has 0 unspecified atom stereocenters. The van der Waals surface area contributed by atoms with Crippen LogP contribution < -0.4 is 5.32 Å². The Morgan fingerprint density at radius 3 is 1.88 bits per heavy atom. The van der Waals surface area contributed by atoms with Crippen LogP contribution in [0, 0.1) is 11.3 Å². The molecule has 3 nitrogen and oxygen atoms in total. The van der Waals surface area contributed by atoms with Crippen LogP contribution in [0.1, 0.15) is 22.3 Å². The summed E-state index contributed by atoms with van der Waals surface area (Å²) in [5, 5.41) is 12.0. The maximum absolute atomic E-state index is 12.0. The van der Waals surface area contributed by atoms with Crippen molar-refractivity contribution in [3.8, 4) is 6.07 Å². The van der Waals surface area contributed by atoms with Crippen molar-refractivity contribution >= 4 is 0 Å². The molecule has 0 saturated carbocycles. The van der Waals surface area contributed by atoms with E-state index in [2.05, 4.69) is 16.1 Å². The van der Waals surface area contributed by atoms with E-state index >= 15 is 0 Å². The van der Waals surface area contributed by atoms with Crippen LogP contribution in [-0.4, -0.2) is 12.8 Å². The number of hydrogen-bond donors (Lipinski definition) is 1. The lowest BCUT2D eigenvalue weighted by Crippen LogP contribution is -2.16. The lowest BCUT2D eigenvalue weighted by atomic mass is 10.1. The van der Waals surface area contributed by atoms with Crippen molar-refractivity contribution in [3.05, 3.63) is 70.8 Å². The predicted molar refractivity (Wildman–Crippen MR) is 83.9 cm³/mol. The molecule has 0 fully saturated rings. The lowest BCUT2D eigenvalue weighted by Gasteiger charge is -2.09. The molecule has 2 aromatic rings. The van der Waals surface area contributed by atoms with Gasteiger partial charge < -0.3 is 10.1 Å². The molecule has 2 aromatic carbocycles. The SMILES string of the molecule is N#Cc1ccc(CNCc2ccc(COCC(F)(F)F)cc2)cc1. The highest BCUT2D eigenvalue weighted by Gasteiger charge is 2.27. The Morgan fingerprint density at radius 1 is 0.875 bits per heavy atom. The van der Waals surface area contributed by atoms with Gasteiger partial charge in [0.15, 0.2) is 0 Å². The quantitative estimate of drug-likeness (QED) is 0.834. The van der Waals surface area contributed by atoms with Gasteiger partial charge in [0.2, 0.25) is 0 Å². The number of nitrogens with zero attached hydrogens (tertiary/aromatic N) is 1. The summed E-state index contributed by atoms with van der Waals surface area (Å²) in [6.07, 6.45) is -4.30. The van der Waals surface area contributed by atoms with Gasteiger partial charge in [0.1, 0.15) is 6.61 Å². The summed E-state index contributed by atoms with van der Waals surface area (Å²) >= 11 is 0. The number of benzene rings is 2. The van der Waals surface area contributed by atoms with Gasteiger partial charge in [-0.1, -0.05) is 36.4 Å². The monoisotopic (exact) mass is 334 g/mol. The Morgan fingerprint density at radius 2 is 1.38 bits per heavy atom. The Balaban J connectivity index is 1.74. The normalized spacial score (nSPS) is 11.2. The fourth-order valence-corrected chi connectivity index (χ4v) is 2.09. The number of halogens is 3. The molecule has 0 aliphatic carbocycles. The molecular formula is C18H17F3N2O. The van der Waals surface area contributed by atoms with E-state index < -0.39 is 12.8 Å². The van der Waals surface area contributed by atoms with E-state index in [1.807, 2.05) is 24.3 Å². The standard InChI is InChI=1S/C18H17F3N2O/c19-18(20,21)13-24-12-17-7-5-16(6-8-17)11-23-10-15-3-1-14(9-22)2-4-15/h1-8,23H,10-13H2. The topological polar surface area (TPSA) is 45.0 Å². The molecule has 0 aromatic heterocycles. The zero-order chi connectivity index (χ0) is 17.4. The van der Waals surface area contributed by atoms with E-state index in [0.717, 1.165) is 11.1 Å². The first-order valence-electron chi connectivity index (χ1n) is 7.38. The third kappa shape index (κ3) is 6.41. The molecule has 0 saturated heterocycles. The van der Waals surface area contributed by atoms with E-state index in [1.165, 1.54) is 0 Å². The highest BCUT2D eigenvalue weighted by atomic mass is 19.4. The van der Waals surface area contributed by atoms with Gasteiger partial charge in [0.05, 0.1) is 18.2 Å². The minimum absolute atomic E-state index is 0.0571. The van der Waals surface area contributed by atoms with Gasteiger partial charge in [-0.3, -0.25) is 0 Å². The molecule has 2 rings (SSSR count). The average Bonchev–Trinajstić information content (AvgIpc) is 2.56. The number of nitriles is 1. The lowest BCUT2D eigenvalue weighted by molar-refractivity contribution is -0.176. The van der Waals surface area contributed by atoms with Crippen molar-refractivity contribution in [1.29, 1.82) is 5.26 Å². The maximum Gasteiger partial charge on any atom is 0.411 e. The van der Waals surface area contributed by atoms with Crippen molar-refractivity contribution in [1.82, 2.24) is 5.32 Å². The van der Waals surface area contributed by atoms with Crippen LogP contribution in [0.25, 0.3) is 0 Å². The summed E-state index contributed by atoms with van der Waals surface area (Å²) in [5.41, 5.74) is 3.44. The Labute approximate surface area is 138 Å². The van der Waals surface area contributed by atoms with Crippen molar-refractivity contribution in [3.63, 3.8) is 0 Å². The van der Waals surface area contributed by atoms with Gasteiger partial charge in [0, 0.05) is 13.1 Å². The van der Waals surface area contributed by atoms with Crippen molar-refractivity contribution in [2.75, 3.05) is 6.61 Å². The molecule has 0 spiro atoms. The van der Waals surface area contributed by atoms with Crippen LogP contribution in [0.5, 0.6) is 0 Å². The fraction of sp³-hybridized carbons (Fsp3) is 0.278. The predicted octanol–water partition coefficient (Wildman–Crippen LogP) is 3.93. The summed E-state index contributed by atoms with van der Waals surface area (Å²) < 4.78 is 40.6. The molecule has 0 amide bonds. The van der Waals surface area contributed by atoms with E-state index in [-0.39, 0.29) is 6.61 Å². The molecule has 0 atom stereocenters.